The molecule has 2 aromatic rings. The first-order chi connectivity index (χ1) is 10.5. The summed E-state index contributed by atoms with van der Waals surface area (Å²) < 4.78 is 10.5. The smallest absolute Gasteiger partial charge is 0.248 e. The topological polar surface area (TPSA) is 85.4 Å². The molecule has 8 heteroatoms. The highest BCUT2D eigenvalue weighted by molar-refractivity contribution is 7.15. The van der Waals surface area contributed by atoms with E-state index in [-0.39, 0.29) is 5.91 Å². The van der Waals surface area contributed by atoms with E-state index >= 15 is 0 Å². The maximum atomic E-state index is 12.2. The van der Waals surface area contributed by atoms with Crippen molar-refractivity contribution in [3.63, 3.8) is 0 Å². The molecule has 1 amide bonds. The average molecular weight is 322 g/mol. The van der Waals surface area contributed by atoms with E-state index in [1.54, 1.807) is 39.3 Å². The number of methoxy groups -OCH3 is 2. The van der Waals surface area contributed by atoms with Gasteiger partial charge in [-0.2, -0.15) is 0 Å². The second kappa shape index (κ2) is 7.08. The molecule has 1 aromatic carbocycles. The van der Waals surface area contributed by atoms with Crippen molar-refractivity contribution in [3.05, 3.63) is 23.2 Å². The van der Waals surface area contributed by atoms with E-state index in [0.717, 1.165) is 5.01 Å². The van der Waals surface area contributed by atoms with E-state index in [1.165, 1.54) is 11.3 Å². The molecule has 0 unspecified atom stereocenters. The number of nitrogens with one attached hydrogen (secondary N) is 2. The van der Waals surface area contributed by atoms with Crippen LogP contribution in [0.2, 0.25) is 0 Å². The lowest BCUT2D eigenvalue weighted by Gasteiger charge is -2.17. The fourth-order valence-electron chi connectivity index (χ4n) is 1.79. The number of aromatic nitrogens is 2. The third kappa shape index (κ3) is 3.85. The first kappa shape index (κ1) is 16.0. The van der Waals surface area contributed by atoms with Crippen LogP contribution < -0.4 is 20.1 Å². The molecule has 0 saturated carbocycles. The number of amides is 1. The third-order valence-corrected chi connectivity index (χ3v) is 3.68. The molecule has 7 nitrogen and oxygen atoms in total. The van der Waals surface area contributed by atoms with E-state index in [1.807, 2.05) is 6.92 Å². The van der Waals surface area contributed by atoms with Gasteiger partial charge in [0.2, 0.25) is 11.0 Å². The summed E-state index contributed by atoms with van der Waals surface area (Å²) in [4.78, 5) is 12.2. The zero-order valence-electron chi connectivity index (χ0n) is 12.8. The van der Waals surface area contributed by atoms with Crippen molar-refractivity contribution < 1.29 is 14.3 Å². The van der Waals surface area contributed by atoms with E-state index in [2.05, 4.69) is 20.8 Å². The standard InChI is InChI=1S/C14H18N4O3S/c1-8(13(19)16-14-18-17-9(2)22-14)15-11-7-10(20-3)5-6-12(11)21-4/h5-8,15H,1-4H3,(H,16,18,19)/t8-/m0/s1. The molecule has 0 aliphatic rings. The van der Waals surface area contributed by atoms with Crippen molar-refractivity contribution in [2.45, 2.75) is 19.9 Å². The Morgan fingerprint density at radius 2 is 2.05 bits per heavy atom. The monoisotopic (exact) mass is 322 g/mol. The van der Waals surface area contributed by atoms with Crippen molar-refractivity contribution in [2.75, 3.05) is 24.9 Å². The molecular weight excluding hydrogens is 304 g/mol. The summed E-state index contributed by atoms with van der Waals surface area (Å²) in [6.07, 6.45) is 0. The van der Waals surface area contributed by atoms with Crippen molar-refractivity contribution in [1.82, 2.24) is 10.2 Å². The van der Waals surface area contributed by atoms with Crippen LogP contribution in [0.25, 0.3) is 0 Å². The maximum Gasteiger partial charge on any atom is 0.248 e. The molecule has 118 valence electrons. The molecular formula is C14H18N4O3S. The SMILES string of the molecule is COc1ccc(OC)c(N[C@@H](C)C(=O)Nc2nnc(C)s2)c1. The molecule has 1 atom stereocenters. The van der Waals surface area contributed by atoms with Crippen molar-refractivity contribution >= 4 is 28.1 Å². The molecule has 1 aromatic heterocycles. The second-order valence-corrected chi connectivity index (χ2v) is 5.73. The molecule has 2 rings (SSSR count). The summed E-state index contributed by atoms with van der Waals surface area (Å²) in [5.74, 6) is 1.10. The Morgan fingerprint density at radius 3 is 2.64 bits per heavy atom. The van der Waals surface area contributed by atoms with Gasteiger partial charge in [-0.1, -0.05) is 11.3 Å². The lowest BCUT2D eigenvalue weighted by atomic mass is 10.2. The van der Waals surface area contributed by atoms with E-state index in [0.29, 0.717) is 22.3 Å². The summed E-state index contributed by atoms with van der Waals surface area (Å²) in [6, 6.07) is 4.86. The summed E-state index contributed by atoms with van der Waals surface area (Å²) in [7, 11) is 3.15. The van der Waals surface area contributed by atoms with Gasteiger partial charge in [0.25, 0.3) is 0 Å². The number of carbonyl (C=O) groups is 1. The van der Waals surface area contributed by atoms with Crippen LogP contribution >= 0.6 is 11.3 Å². The Morgan fingerprint density at radius 1 is 1.27 bits per heavy atom. The predicted octanol–water partition coefficient (Wildman–Crippen LogP) is 2.30. The van der Waals surface area contributed by atoms with Gasteiger partial charge in [0.1, 0.15) is 22.5 Å². The Hall–Kier alpha value is -2.35. The molecule has 0 bridgehead atoms. The Balaban J connectivity index is 2.07. The van der Waals surface area contributed by atoms with Crippen LogP contribution in [-0.2, 0) is 4.79 Å². The van der Waals surface area contributed by atoms with Crippen LogP contribution in [0.5, 0.6) is 11.5 Å². The number of rotatable bonds is 6. The minimum atomic E-state index is -0.481. The molecule has 22 heavy (non-hydrogen) atoms. The zero-order chi connectivity index (χ0) is 16.1. The molecule has 2 N–H and O–H groups in total. The van der Waals surface area contributed by atoms with Crippen LogP contribution in [0.4, 0.5) is 10.8 Å². The quantitative estimate of drug-likeness (QED) is 0.849. The minimum Gasteiger partial charge on any atom is -0.497 e. The molecule has 0 saturated heterocycles. The fourth-order valence-corrected chi connectivity index (χ4v) is 2.38. The summed E-state index contributed by atoms with van der Waals surface area (Å²) in [5, 5.41) is 14.8. The Kier molecular flexibility index (Phi) is 5.16. The molecule has 0 aliphatic heterocycles. The van der Waals surface area contributed by atoms with Gasteiger partial charge in [-0.25, -0.2) is 0 Å². The van der Waals surface area contributed by atoms with Crippen LogP contribution in [-0.4, -0.2) is 36.4 Å². The van der Waals surface area contributed by atoms with E-state index in [4.69, 9.17) is 9.47 Å². The number of benzene rings is 1. The van der Waals surface area contributed by atoms with Gasteiger partial charge in [0.15, 0.2) is 0 Å². The molecule has 0 aliphatic carbocycles. The molecule has 0 spiro atoms. The fraction of sp³-hybridized carbons (Fsp3) is 0.357. The van der Waals surface area contributed by atoms with Gasteiger partial charge in [-0.15, -0.1) is 10.2 Å². The maximum absolute atomic E-state index is 12.2. The molecule has 1 heterocycles. The van der Waals surface area contributed by atoms with Gasteiger partial charge >= 0.3 is 0 Å². The summed E-state index contributed by atoms with van der Waals surface area (Å²) >= 11 is 1.33. The Labute approximate surface area is 132 Å². The van der Waals surface area contributed by atoms with Crippen molar-refractivity contribution in [2.24, 2.45) is 0 Å². The average Bonchev–Trinajstić information content (AvgIpc) is 2.92. The number of anilines is 2. The summed E-state index contributed by atoms with van der Waals surface area (Å²) in [5.41, 5.74) is 0.679. The van der Waals surface area contributed by atoms with Gasteiger partial charge < -0.3 is 14.8 Å². The first-order valence-electron chi connectivity index (χ1n) is 6.63. The van der Waals surface area contributed by atoms with Crippen LogP contribution in [0.3, 0.4) is 0 Å². The largest absolute Gasteiger partial charge is 0.497 e. The predicted molar refractivity (Wildman–Crippen MR) is 85.9 cm³/mol. The van der Waals surface area contributed by atoms with E-state index in [9.17, 15) is 4.79 Å². The summed E-state index contributed by atoms with van der Waals surface area (Å²) in [6.45, 7) is 3.58. The van der Waals surface area contributed by atoms with Crippen LogP contribution in [0, 0.1) is 6.92 Å². The number of ether oxygens (including phenoxy) is 2. The number of hydrogen-bond acceptors (Lipinski definition) is 7. The van der Waals surface area contributed by atoms with Gasteiger partial charge in [0.05, 0.1) is 19.9 Å². The highest BCUT2D eigenvalue weighted by atomic mass is 32.1. The number of hydrogen-bond donors (Lipinski definition) is 2. The van der Waals surface area contributed by atoms with Gasteiger partial charge in [0, 0.05) is 6.07 Å². The molecule has 0 radical (unpaired) electrons. The molecule has 0 fully saturated rings. The first-order valence-corrected chi connectivity index (χ1v) is 7.44. The second-order valence-electron chi connectivity index (χ2n) is 4.55. The van der Waals surface area contributed by atoms with Gasteiger partial charge in [-0.05, 0) is 26.0 Å². The third-order valence-electron chi connectivity index (χ3n) is 2.93. The van der Waals surface area contributed by atoms with E-state index < -0.39 is 6.04 Å². The van der Waals surface area contributed by atoms with Crippen LogP contribution in [0.1, 0.15) is 11.9 Å². The lowest BCUT2D eigenvalue weighted by Crippen LogP contribution is -2.32. The Bertz CT molecular complexity index is 659. The van der Waals surface area contributed by atoms with Crippen LogP contribution in [0.15, 0.2) is 18.2 Å². The number of carbonyl (C=O) groups excluding carboxylic acids is 1. The lowest BCUT2D eigenvalue weighted by molar-refractivity contribution is -0.116. The van der Waals surface area contributed by atoms with Gasteiger partial charge in [-0.3, -0.25) is 10.1 Å². The normalized spacial score (nSPS) is 11.6. The number of nitrogens with zero attached hydrogens (tertiary/aromatic N) is 2. The highest BCUT2D eigenvalue weighted by Gasteiger charge is 2.17. The van der Waals surface area contributed by atoms with Crippen molar-refractivity contribution in [3.8, 4) is 11.5 Å². The number of aryl methyl sites for hydroxylation is 1. The van der Waals surface area contributed by atoms with Crippen molar-refractivity contribution in [1.29, 1.82) is 0 Å². The highest BCUT2D eigenvalue weighted by Crippen LogP contribution is 2.29. The minimum absolute atomic E-state index is 0.207. The zero-order valence-corrected chi connectivity index (χ0v) is 13.7.